The van der Waals surface area contributed by atoms with Crippen LogP contribution in [-0.2, 0) is 4.79 Å². The summed E-state index contributed by atoms with van der Waals surface area (Å²) >= 11 is 5.87. The fourth-order valence-electron chi connectivity index (χ4n) is 2.50. The molecular weight excluding hydrogens is 255 g/mol. The number of nitrogens with two attached hydrogens (primary N) is 1. The normalized spacial score (nSPS) is 23.1. The SMILES string of the molecule is NCC1CCCC1C(=O)Nc1c(F)cccc1Cl. The van der Waals surface area contributed by atoms with E-state index in [1.54, 1.807) is 6.07 Å². The zero-order chi connectivity index (χ0) is 13.1. The maximum atomic E-state index is 13.6. The van der Waals surface area contributed by atoms with E-state index in [0.717, 1.165) is 19.3 Å². The van der Waals surface area contributed by atoms with Gasteiger partial charge in [0.05, 0.1) is 10.7 Å². The van der Waals surface area contributed by atoms with Crippen LogP contribution in [0.2, 0.25) is 5.02 Å². The van der Waals surface area contributed by atoms with Crippen LogP contribution in [0.1, 0.15) is 19.3 Å². The fraction of sp³-hybridized carbons (Fsp3) is 0.462. The third-order valence-electron chi connectivity index (χ3n) is 3.51. The van der Waals surface area contributed by atoms with Crippen LogP contribution < -0.4 is 11.1 Å². The van der Waals surface area contributed by atoms with Crippen molar-refractivity contribution in [2.75, 3.05) is 11.9 Å². The molecule has 0 radical (unpaired) electrons. The lowest BCUT2D eigenvalue weighted by Gasteiger charge is -2.18. The monoisotopic (exact) mass is 270 g/mol. The van der Waals surface area contributed by atoms with Gasteiger partial charge in [-0.2, -0.15) is 0 Å². The molecule has 1 aromatic carbocycles. The molecule has 0 spiro atoms. The summed E-state index contributed by atoms with van der Waals surface area (Å²) in [4.78, 5) is 12.1. The molecule has 98 valence electrons. The van der Waals surface area contributed by atoms with Gasteiger partial charge in [0.15, 0.2) is 0 Å². The lowest BCUT2D eigenvalue weighted by Crippen LogP contribution is -2.30. The van der Waals surface area contributed by atoms with E-state index in [0.29, 0.717) is 6.54 Å². The van der Waals surface area contributed by atoms with Crippen LogP contribution in [0.3, 0.4) is 0 Å². The van der Waals surface area contributed by atoms with Crippen LogP contribution in [0, 0.1) is 17.7 Å². The van der Waals surface area contributed by atoms with E-state index in [4.69, 9.17) is 17.3 Å². The van der Waals surface area contributed by atoms with Crippen LogP contribution in [-0.4, -0.2) is 12.5 Å². The smallest absolute Gasteiger partial charge is 0.227 e. The summed E-state index contributed by atoms with van der Waals surface area (Å²) in [6.45, 7) is 0.489. The van der Waals surface area contributed by atoms with Crippen molar-refractivity contribution in [2.45, 2.75) is 19.3 Å². The Morgan fingerprint density at radius 1 is 1.50 bits per heavy atom. The van der Waals surface area contributed by atoms with Crippen LogP contribution >= 0.6 is 11.6 Å². The Labute approximate surface area is 111 Å². The molecule has 2 unspecified atom stereocenters. The number of carbonyl (C=O) groups is 1. The Kier molecular flexibility index (Phi) is 4.19. The second-order valence-electron chi connectivity index (χ2n) is 4.62. The van der Waals surface area contributed by atoms with Crippen molar-refractivity contribution in [2.24, 2.45) is 17.6 Å². The molecule has 1 saturated carbocycles. The fourth-order valence-corrected chi connectivity index (χ4v) is 2.71. The second kappa shape index (κ2) is 5.67. The minimum atomic E-state index is -0.516. The number of halogens is 2. The number of nitrogens with one attached hydrogen (secondary N) is 1. The van der Waals surface area contributed by atoms with Gasteiger partial charge in [-0.25, -0.2) is 4.39 Å². The zero-order valence-electron chi connectivity index (χ0n) is 9.96. The van der Waals surface area contributed by atoms with E-state index < -0.39 is 5.82 Å². The Morgan fingerprint density at radius 2 is 2.28 bits per heavy atom. The van der Waals surface area contributed by atoms with Crippen molar-refractivity contribution in [1.82, 2.24) is 0 Å². The molecule has 5 heteroatoms. The topological polar surface area (TPSA) is 55.1 Å². The summed E-state index contributed by atoms with van der Waals surface area (Å²) in [7, 11) is 0. The quantitative estimate of drug-likeness (QED) is 0.887. The highest BCUT2D eigenvalue weighted by atomic mass is 35.5. The van der Waals surface area contributed by atoms with Gasteiger partial charge < -0.3 is 11.1 Å². The summed E-state index contributed by atoms with van der Waals surface area (Å²) in [5.74, 6) is -0.644. The molecule has 2 atom stereocenters. The maximum Gasteiger partial charge on any atom is 0.227 e. The van der Waals surface area contributed by atoms with E-state index in [9.17, 15) is 9.18 Å². The molecule has 2 rings (SSSR count). The second-order valence-corrected chi connectivity index (χ2v) is 5.03. The molecule has 1 fully saturated rings. The summed E-state index contributed by atoms with van der Waals surface area (Å²) < 4.78 is 13.6. The highest BCUT2D eigenvalue weighted by Crippen LogP contribution is 2.33. The molecule has 1 aliphatic carbocycles. The van der Waals surface area contributed by atoms with E-state index in [1.807, 2.05) is 0 Å². The first-order valence-electron chi connectivity index (χ1n) is 6.08. The average molecular weight is 271 g/mol. The van der Waals surface area contributed by atoms with Gasteiger partial charge in [-0.1, -0.05) is 24.1 Å². The van der Waals surface area contributed by atoms with Gasteiger partial charge in [0.1, 0.15) is 5.82 Å². The average Bonchev–Trinajstić information content (AvgIpc) is 2.82. The number of para-hydroxylation sites is 1. The van der Waals surface area contributed by atoms with Gasteiger partial charge in [-0.15, -0.1) is 0 Å². The lowest BCUT2D eigenvalue weighted by molar-refractivity contribution is -0.120. The molecule has 1 aliphatic rings. The number of hydrogen-bond acceptors (Lipinski definition) is 2. The first-order chi connectivity index (χ1) is 8.63. The van der Waals surface area contributed by atoms with Crippen molar-refractivity contribution in [1.29, 1.82) is 0 Å². The van der Waals surface area contributed by atoms with Crippen LogP contribution in [0.15, 0.2) is 18.2 Å². The van der Waals surface area contributed by atoms with Gasteiger partial charge >= 0.3 is 0 Å². The predicted molar refractivity (Wildman–Crippen MR) is 69.9 cm³/mol. The Morgan fingerprint density at radius 3 is 2.94 bits per heavy atom. The Hall–Kier alpha value is -1.13. The molecule has 3 nitrogen and oxygen atoms in total. The van der Waals surface area contributed by atoms with E-state index >= 15 is 0 Å². The molecule has 18 heavy (non-hydrogen) atoms. The molecule has 1 amide bonds. The van der Waals surface area contributed by atoms with E-state index in [2.05, 4.69) is 5.32 Å². The molecule has 1 aromatic rings. The van der Waals surface area contributed by atoms with Gasteiger partial charge in [0.2, 0.25) is 5.91 Å². The number of rotatable bonds is 3. The van der Waals surface area contributed by atoms with Gasteiger partial charge in [0.25, 0.3) is 0 Å². The summed E-state index contributed by atoms with van der Waals surface area (Å²) in [5.41, 5.74) is 5.70. The molecule has 0 heterocycles. The van der Waals surface area contributed by atoms with Crippen molar-refractivity contribution >= 4 is 23.2 Å². The lowest BCUT2D eigenvalue weighted by atomic mass is 9.95. The zero-order valence-corrected chi connectivity index (χ0v) is 10.7. The minimum absolute atomic E-state index is 0.0619. The number of anilines is 1. The predicted octanol–water partition coefficient (Wildman–Crippen LogP) is 2.79. The minimum Gasteiger partial charge on any atom is -0.330 e. The highest BCUT2D eigenvalue weighted by molar-refractivity contribution is 6.33. The van der Waals surface area contributed by atoms with Crippen molar-refractivity contribution in [3.8, 4) is 0 Å². The number of benzene rings is 1. The maximum absolute atomic E-state index is 13.6. The van der Waals surface area contributed by atoms with Crippen LogP contribution in [0.4, 0.5) is 10.1 Å². The summed E-state index contributed by atoms with van der Waals surface area (Å²) in [5, 5.41) is 2.80. The van der Waals surface area contributed by atoms with Crippen molar-refractivity contribution < 1.29 is 9.18 Å². The molecule has 0 bridgehead atoms. The Balaban J connectivity index is 2.12. The highest BCUT2D eigenvalue weighted by Gasteiger charge is 2.32. The van der Waals surface area contributed by atoms with Crippen molar-refractivity contribution in [3.05, 3.63) is 29.0 Å². The number of amides is 1. The molecule has 0 aromatic heterocycles. The molecule has 0 saturated heterocycles. The summed E-state index contributed by atoms with van der Waals surface area (Å²) in [6, 6.07) is 4.33. The third-order valence-corrected chi connectivity index (χ3v) is 3.82. The third kappa shape index (κ3) is 2.65. The number of carbonyl (C=O) groups excluding carboxylic acids is 1. The van der Waals surface area contributed by atoms with E-state index in [-0.39, 0.29) is 28.5 Å². The standard InChI is InChI=1S/C13H16ClFN2O/c14-10-5-2-6-11(15)12(10)17-13(18)9-4-1-3-8(9)7-16/h2,5-6,8-9H,1,3-4,7,16H2,(H,17,18). The van der Waals surface area contributed by atoms with Gasteiger partial charge in [-0.05, 0) is 37.4 Å². The number of hydrogen-bond donors (Lipinski definition) is 2. The summed E-state index contributed by atoms with van der Waals surface area (Å²) in [6.07, 6.45) is 2.75. The first-order valence-corrected chi connectivity index (χ1v) is 6.46. The van der Waals surface area contributed by atoms with Gasteiger partial charge in [-0.3, -0.25) is 4.79 Å². The Bertz CT molecular complexity index is 432. The van der Waals surface area contributed by atoms with Crippen LogP contribution in [0.25, 0.3) is 0 Å². The van der Waals surface area contributed by atoms with Crippen LogP contribution in [0.5, 0.6) is 0 Å². The van der Waals surface area contributed by atoms with E-state index in [1.165, 1.54) is 12.1 Å². The molecular formula is C13H16ClFN2O. The molecule has 3 N–H and O–H groups in total. The largest absolute Gasteiger partial charge is 0.330 e. The van der Waals surface area contributed by atoms with Crippen molar-refractivity contribution in [3.63, 3.8) is 0 Å². The first kappa shape index (κ1) is 13.3. The molecule has 0 aliphatic heterocycles. The van der Waals surface area contributed by atoms with Gasteiger partial charge in [0, 0.05) is 5.92 Å².